The third kappa shape index (κ3) is 6.47. The van der Waals surface area contributed by atoms with Gasteiger partial charge in [-0.2, -0.15) is 0 Å². The number of halogens is 2. The Morgan fingerprint density at radius 3 is 2.10 bits per heavy atom. The molecule has 0 radical (unpaired) electrons. The van der Waals surface area contributed by atoms with Crippen LogP contribution in [0.5, 0.6) is 0 Å². The largest absolute Gasteiger partial charge is 0.369 e. The smallest absolute Gasteiger partial charge is 0.162 e. The van der Waals surface area contributed by atoms with Crippen LogP contribution >= 0.6 is 24.8 Å². The fourth-order valence-corrected chi connectivity index (χ4v) is 4.68. The summed E-state index contributed by atoms with van der Waals surface area (Å²) in [6.07, 6.45) is 6.93. The Labute approximate surface area is 193 Å². The summed E-state index contributed by atoms with van der Waals surface area (Å²) in [4.78, 5) is 17.5. The van der Waals surface area contributed by atoms with Crippen LogP contribution in [-0.2, 0) is 0 Å². The zero-order chi connectivity index (χ0) is 19.2. The van der Waals surface area contributed by atoms with Gasteiger partial charge in [-0.25, -0.2) is 0 Å². The molecule has 30 heavy (non-hydrogen) atoms. The van der Waals surface area contributed by atoms with E-state index in [1.54, 1.807) is 0 Å². The molecule has 1 saturated heterocycles. The minimum atomic E-state index is 0. The zero-order valence-electron chi connectivity index (χ0n) is 17.7. The summed E-state index contributed by atoms with van der Waals surface area (Å²) in [5, 5.41) is 0. The average molecular weight is 449 g/mol. The van der Waals surface area contributed by atoms with E-state index in [-0.39, 0.29) is 24.8 Å². The van der Waals surface area contributed by atoms with Gasteiger partial charge in [-0.05, 0) is 49.4 Å². The summed E-state index contributed by atoms with van der Waals surface area (Å²) in [6, 6.07) is 19.1. The van der Waals surface area contributed by atoms with E-state index < -0.39 is 0 Å². The molecule has 5 heteroatoms. The van der Waals surface area contributed by atoms with Crippen LogP contribution in [0.3, 0.4) is 0 Å². The van der Waals surface area contributed by atoms with Crippen LogP contribution in [0.1, 0.15) is 60.4 Å². The Hall–Kier alpha value is -1.55. The molecule has 0 bridgehead atoms. The van der Waals surface area contributed by atoms with Gasteiger partial charge in [0.1, 0.15) is 0 Å². The number of nitrogens with zero attached hydrogens (tertiary/aromatic N) is 2. The first-order chi connectivity index (χ1) is 13.8. The Balaban J connectivity index is 0.00000160. The molecule has 0 amide bonds. The van der Waals surface area contributed by atoms with Crippen LogP contribution in [0.4, 0.5) is 5.69 Å². The number of piperazine rings is 1. The second-order valence-electron chi connectivity index (χ2n) is 8.29. The summed E-state index contributed by atoms with van der Waals surface area (Å²) in [7, 11) is 0. The first-order valence-corrected chi connectivity index (χ1v) is 10.9. The second kappa shape index (κ2) is 12.3. The fraction of sp³-hybridized carbons (Fsp3) is 0.480. The van der Waals surface area contributed by atoms with Gasteiger partial charge in [0.2, 0.25) is 0 Å². The second-order valence-corrected chi connectivity index (χ2v) is 8.29. The average Bonchev–Trinajstić information content (AvgIpc) is 3.30. The molecule has 2 fully saturated rings. The van der Waals surface area contributed by atoms with Gasteiger partial charge in [0, 0.05) is 43.9 Å². The molecule has 3 nitrogen and oxygen atoms in total. The highest BCUT2D eigenvalue weighted by molar-refractivity contribution is 5.96. The molecule has 2 aromatic carbocycles. The van der Waals surface area contributed by atoms with Gasteiger partial charge in [0.15, 0.2) is 5.78 Å². The molecule has 0 spiro atoms. The molecule has 0 unspecified atom stereocenters. The van der Waals surface area contributed by atoms with E-state index in [1.165, 1.54) is 36.9 Å². The lowest BCUT2D eigenvalue weighted by Crippen LogP contribution is -2.46. The van der Waals surface area contributed by atoms with Crippen LogP contribution < -0.4 is 4.90 Å². The lowest BCUT2D eigenvalue weighted by molar-refractivity contribution is 0.0974. The van der Waals surface area contributed by atoms with E-state index in [0.717, 1.165) is 50.6 Å². The third-order valence-electron chi connectivity index (χ3n) is 6.43. The van der Waals surface area contributed by atoms with Crippen molar-refractivity contribution in [1.29, 1.82) is 0 Å². The topological polar surface area (TPSA) is 23.6 Å². The SMILES string of the molecule is Cl.Cl.O=C(CCCN1CCN(c2ccccc2)CC1)c1ccc(C2CCCC2)cc1. The van der Waals surface area contributed by atoms with E-state index in [2.05, 4.69) is 64.4 Å². The van der Waals surface area contributed by atoms with E-state index in [4.69, 9.17) is 0 Å². The highest BCUT2D eigenvalue weighted by Gasteiger charge is 2.18. The van der Waals surface area contributed by atoms with Gasteiger partial charge < -0.3 is 4.90 Å². The van der Waals surface area contributed by atoms with Crippen LogP contribution in [0.2, 0.25) is 0 Å². The number of para-hydroxylation sites is 1. The summed E-state index contributed by atoms with van der Waals surface area (Å²) in [6.45, 7) is 5.33. The molecule has 164 valence electrons. The van der Waals surface area contributed by atoms with Crippen molar-refractivity contribution in [1.82, 2.24) is 4.90 Å². The summed E-state index contributed by atoms with van der Waals surface area (Å²) < 4.78 is 0. The molecule has 1 heterocycles. The fourth-order valence-electron chi connectivity index (χ4n) is 4.68. The minimum Gasteiger partial charge on any atom is -0.369 e. The Kier molecular flexibility index (Phi) is 10.2. The summed E-state index contributed by atoms with van der Waals surface area (Å²) in [5.41, 5.74) is 3.62. The number of rotatable bonds is 7. The lowest BCUT2D eigenvalue weighted by Gasteiger charge is -2.36. The van der Waals surface area contributed by atoms with Crippen LogP contribution in [0.15, 0.2) is 54.6 Å². The zero-order valence-corrected chi connectivity index (χ0v) is 19.3. The molecular formula is C25H34Cl2N2O. The summed E-state index contributed by atoms with van der Waals surface area (Å²) in [5.74, 6) is 1.01. The molecule has 4 rings (SSSR count). The predicted molar refractivity (Wildman–Crippen MR) is 131 cm³/mol. The van der Waals surface area contributed by atoms with Crippen LogP contribution in [-0.4, -0.2) is 43.4 Å². The number of anilines is 1. The number of carbonyl (C=O) groups is 1. The lowest BCUT2D eigenvalue weighted by atomic mass is 9.95. The van der Waals surface area contributed by atoms with Gasteiger partial charge in [-0.1, -0.05) is 55.3 Å². The number of hydrogen-bond donors (Lipinski definition) is 0. The van der Waals surface area contributed by atoms with Crippen molar-refractivity contribution >= 4 is 36.3 Å². The molecule has 1 aliphatic heterocycles. The van der Waals surface area contributed by atoms with Crippen molar-refractivity contribution in [3.05, 3.63) is 65.7 Å². The number of ketones is 1. The quantitative estimate of drug-likeness (QED) is 0.487. The van der Waals surface area contributed by atoms with Gasteiger partial charge in [0.05, 0.1) is 0 Å². The maximum Gasteiger partial charge on any atom is 0.162 e. The number of Topliss-reactive ketones (excluding diaryl/α,β-unsaturated/α-hetero) is 1. The Morgan fingerprint density at radius 1 is 0.833 bits per heavy atom. The Morgan fingerprint density at radius 2 is 1.47 bits per heavy atom. The van der Waals surface area contributed by atoms with Gasteiger partial charge >= 0.3 is 0 Å². The Bertz CT molecular complexity index is 752. The minimum absolute atomic E-state index is 0. The van der Waals surface area contributed by atoms with E-state index in [1.807, 2.05) is 0 Å². The highest BCUT2D eigenvalue weighted by atomic mass is 35.5. The molecule has 0 N–H and O–H groups in total. The number of benzene rings is 2. The molecule has 0 aromatic heterocycles. The van der Waals surface area contributed by atoms with E-state index in [9.17, 15) is 4.79 Å². The van der Waals surface area contributed by atoms with Crippen molar-refractivity contribution in [2.75, 3.05) is 37.6 Å². The molecule has 2 aliphatic rings. The number of carbonyl (C=O) groups excluding carboxylic acids is 1. The van der Waals surface area contributed by atoms with E-state index in [0.29, 0.717) is 12.2 Å². The molecular weight excluding hydrogens is 415 g/mol. The van der Waals surface area contributed by atoms with Crippen molar-refractivity contribution < 1.29 is 4.79 Å². The maximum atomic E-state index is 12.5. The van der Waals surface area contributed by atoms with E-state index >= 15 is 0 Å². The standard InChI is InChI=1S/C25H32N2O.2ClH/c28-25(23-14-12-22(13-15-23)21-7-4-5-8-21)11-6-16-26-17-19-27(20-18-26)24-9-2-1-3-10-24;;/h1-3,9-10,12-15,21H,4-8,11,16-20H2;2*1H. The first kappa shape index (κ1) is 24.7. The molecule has 0 atom stereocenters. The maximum absolute atomic E-state index is 12.5. The van der Waals surface area contributed by atoms with Gasteiger partial charge in [-0.15, -0.1) is 24.8 Å². The van der Waals surface area contributed by atoms with Crippen LogP contribution in [0, 0.1) is 0 Å². The summed E-state index contributed by atoms with van der Waals surface area (Å²) >= 11 is 0. The van der Waals surface area contributed by atoms with Crippen molar-refractivity contribution in [2.45, 2.75) is 44.4 Å². The normalized spacial score (nSPS) is 17.3. The highest BCUT2D eigenvalue weighted by Crippen LogP contribution is 2.34. The van der Waals surface area contributed by atoms with Crippen LogP contribution in [0.25, 0.3) is 0 Å². The molecule has 1 aliphatic carbocycles. The predicted octanol–water partition coefficient (Wildman–Crippen LogP) is 5.97. The number of hydrogen-bond acceptors (Lipinski definition) is 3. The molecule has 2 aromatic rings. The first-order valence-electron chi connectivity index (χ1n) is 10.9. The van der Waals surface area contributed by atoms with Crippen molar-refractivity contribution in [3.63, 3.8) is 0 Å². The molecule has 1 saturated carbocycles. The van der Waals surface area contributed by atoms with Crippen molar-refractivity contribution in [3.8, 4) is 0 Å². The monoisotopic (exact) mass is 448 g/mol. The van der Waals surface area contributed by atoms with Gasteiger partial charge in [-0.3, -0.25) is 9.69 Å². The van der Waals surface area contributed by atoms with Gasteiger partial charge in [0.25, 0.3) is 0 Å². The third-order valence-corrected chi connectivity index (χ3v) is 6.43. The van der Waals surface area contributed by atoms with Crippen molar-refractivity contribution in [2.24, 2.45) is 0 Å².